The zero-order chi connectivity index (χ0) is 8.97. The second-order valence-electron chi connectivity index (χ2n) is 3.03. The van der Waals surface area contributed by atoms with E-state index in [9.17, 15) is 0 Å². The van der Waals surface area contributed by atoms with E-state index in [4.69, 9.17) is 0 Å². The Morgan fingerprint density at radius 1 is 1.50 bits per heavy atom. The maximum atomic E-state index is 4.25. The molecule has 0 saturated carbocycles. The summed E-state index contributed by atoms with van der Waals surface area (Å²) in [6, 6.07) is 2.55. The normalized spacial score (nSPS) is 10.7. The predicted octanol–water partition coefficient (Wildman–Crippen LogP) is 2.02. The zero-order valence-corrected chi connectivity index (χ0v) is 8.04. The van der Waals surface area contributed by atoms with Crippen molar-refractivity contribution in [2.45, 2.75) is 32.7 Å². The first kappa shape index (κ1) is 9.10. The first-order valence-corrected chi connectivity index (χ1v) is 4.52. The minimum absolute atomic E-state index is 0.555. The van der Waals surface area contributed by atoms with E-state index in [0.29, 0.717) is 6.04 Å². The molecule has 1 rings (SSSR count). The van der Waals surface area contributed by atoms with Crippen molar-refractivity contribution in [1.29, 1.82) is 0 Å². The Kier molecular flexibility index (Phi) is 3.14. The third-order valence-corrected chi connectivity index (χ3v) is 2.05. The molecule has 0 bridgehead atoms. The van der Waals surface area contributed by atoms with Gasteiger partial charge in [0, 0.05) is 25.4 Å². The molecular weight excluding hydrogens is 150 g/mol. The van der Waals surface area contributed by atoms with Crippen molar-refractivity contribution in [1.82, 2.24) is 9.78 Å². The van der Waals surface area contributed by atoms with E-state index in [1.807, 2.05) is 24.0 Å². The molecule has 0 spiro atoms. The molecule has 1 N–H and O–H groups in total. The number of nitrogens with zero attached hydrogens (tertiary/aromatic N) is 2. The molecule has 0 fully saturated rings. The Balaban J connectivity index is 2.50. The fourth-order valence-corrected chi connectivity index (χ4v) is 1.19. The summed E-state index contributed by atoms with van der Waals surface area (Å²) in [4.78, 5) is 0. The summed E-state index contributed by atoms with van der Waals surface area (Å²) in [6.45, 7) is 4.37. The van der Waals surface area contributed by atoms with Gasteiger partial charge in [-0.25, -0.2) is 0 Å². The molecule has 3 heteroatoms. The van der Waals surface area contributed by atoms with Crippen molar-refractivity contribution >= 4 is 5.82 Å². The van der Waals surface area contributed by atoms with Gasteiger partial charge in [0.1, 0.15) is 5.82 Å². The molecule has 0 aliphatic rings. The summed E-state index contributed by atoms with van der Waals surface area (Å²) in [7, 11) is 1.93. The molecule has 1 aromatic rings. The summed E-state index contributed by atoms with van der Waals surface area (Å²) >= 11 is 0. The minimum Gasteiger partial charge on any atom is -0.366 e. The first-order chi connectivity index (χ1) is 5.76. The van der Waals surface area contributed by atoms with Crippen LogP contribution in [0, 0.1) is 0 Å². The maximum absolute atomic E-state index is 4.25. The van der Waals surface area contributed by atoms with Crippen LogP contribution >= 0.6 is 0 Å². The Bertz CT molecular complexity index is 225. The highest BCUT2D eigenvalue weighted by Gasteiger charge is 2.03. The van der Waals surface area contributed by atoms with Crippen LogP contribution in [-0.4, -0.2) is 15.8 Å². The van der Waals surface area contributed by atoms with Gasteiger partial charge in [0.05, 0.1) is 0 Å². The number of nitrogens with one attached hydrogen (secondary N) is 1. The van der Waals surface area contributed by atoms with Gasteiger partial charge in [-0.2, -0.15) is 5.10 Å². The summed E-state index contributed by atoms with van der Waals surface area (Å²) in [5, 5.41) is 7.62. The SMILES string of the molecule is CCC(CC)Nc1ccn(C)n1. The van der Waals surface area contributed by atoms with Crippen LogP contribution in [-0.2, 0) is 7.05 Å². The molecule has 0 amide bonds. The molecule has 0 saturated heterocycles. The van der Waals surface area contributed by atoms with Gasteiger partial charge in [-0.05, 0) is 12.8 Å². The molecule has 1 aromatic heterocycles. The van der Waals surface area contributed by atoms with Crippen molar-refractivity contribution in [2.75, 3.05) is 5.32 Å². The fourth-order valence-electron chi connectivity index (χ4n) is 1.19. The van der Waals surface area contributed by atoms with Crippen LogP contribution in [0.5, 0.6) is 0 Å². The molecule has 68 valence electrons. The van der Waals surface area contributed by atoms with Gasteiger partial charge in [0.25, 0.3) is 0 Å². The monoisotopic (exact) mass is 167 g/mol. The van der Waals surface area contributed by atoms with E-state index in [1.54, 1.807) is 0 Å². The van der Waals surface area contributed by atoms with E-state index in [-0.39, 0.29) is 0 Å². The number of anilines is 1. The predicted molar refractivity (Wildman–Crippen MR) is 51.2 cm³/mol. The molecule has 0 aliphatic carbocycles. The second kappa shape index (κ2) is 4.14. The number of aryl methyl sites for hydroxylation is 1. The lowest BCUT2D eigenvalue weighted by Gasteiger charge is -2.13. The van der Waals surface area contributed by atoms with E-state index >= 15 is 0 Å². The first-order valence-electron chi connectivity index (χ1n) is 4.52. The fraction of sp³-hybridized carbons (Fsp3) is 0.667. The van der Waals surface area contributed by atoms with Crippen LogP contribution in [0.3, 0.4) is 0 Å². The minimum atomic E-state index is 0.555. The second-order valence-corrected chi connectivity index (χ2v) is 3.03. The summed E-state index contributed by atoms with van der Waals surface area (Å²) in [5.74, 6) is 0.978. The molecule has 0 unspecified atom stereocenters. The molecule has 1 heterocycles. The Hall–Kier alpha value is -0.990. The van der Waals surface area contributed by atoms with Gasteiger partial charge < -0.3 is 5.32 Å². The summed E-state index contributed by atoms with van der Waals surface area (Å²) < 4.78 is 1.81. The number of rotatable bonds is 4. The molecule has 0 atom stereocenters. The molecule has 12 heavy (non-hydrogen) atoms. The molecule has 0 aliphatic heterocycles. The van der Waals surface area contributed by atoms with Crippen LogP contribution in [0.1, 0.15) is 26.7 Å². The van der Waals surface area contributed by atoms with Crippen LogP contribution in [0.2, 0.25) is 0 Å². The highest BCUT2D eigenvalue weighted by Crippen LogP contribution is 2.07. The van der Waals surface area contributed by atoms with Gasteiger partial charge in [-0.3, -0.25) is 4.68 Å². The number of aromatic nitrogens is 2. The van der Waals surface area contributed by atoms with Crippen LogP contribution in [0.15, 0.2) is 12.3 Å². The van der Waals surface area contributed by atoms with Gasteiger partial charge in [0.15, 0.2) is 0 Å². The zero-order valence-electron chi connectivity index (χ0n) is 8.04. The smallest absolute Gasteiger partial charge is 0.148 e. The van der Waals surface area contributed by atoms with Gasteiger partial charge in [-0.15, -0.1) is 0 Å². The van der Waals surface area contributed by atoms with Gasteiger partial charge in [0.2, 0.25) is 0 Å². The molecule has 3 nitrogen and oxygen atoms in total. The van der Waals surface area contributed by atoms with E-state index in [1.165, 1.54) is 0 Å². The van der Waals surface area contributed by atoms with Crippen molar-refractivity contribution in [2.24, 2.45) is 7.05 Å². The third-order valence-electron chi connectivity index (χ3n) is 2.05. The highest BCUT2D eigenvalue weighted by atomic mass is 15.3. The molecule has 0 radical (unpaired) electrons. The van der Waals surface area contributed by atoms with Gasteiger partial charge in [-0.1, -0.05) is 13.8 Å². The largest absolute Gasteiger partial charge is 0.366 e. The molecular formula is C9H17N3. The van der Waals surface area contributed by atoms with Crippen LogP contribution < -0.4 is 5.32 Å². The lowest BCUT2D eigenvalue weighted by molar-refractivity contribution is 0.663. The van der Waals surface area contributed by atoms with E-state index in [0.717, 1.165) is 18.7 Å². The van der Waals surface area contributed by atoms with E-state index < -0.39 is 0 Å². The average Bonchev–Trinajstić information content (AvgIpc) is 2.47. The van der Waals surface area contributed by atoms with Crippen LogP contribution in [0.25, 0.3) is 0 Å². The standard InChI is InChI=1S/C9H17N3/c1-4-8(5-2)10-9-6-7-12(3)11-9/h6-8H,4-5H2,1-3H3,(H,10,11). The van der Waals surface area contributed by atoms with Crippen molar-refractivity contribution < 1.29 is 0 Å². The van der Waals surface area contributed by atoms with Crippen LogP contribution in [0.4, 0.5) is 5.82 Å². The summed E-state index contributed by atoms with van der Waals surface area (Å²) in [6.07, 6.45) is 4.24. The average molecular weight is 167 g/mol. The Morgan fingerprint density at radius 2 is 2.17 bits per heavy atom. The Morgan fingerprint density at radius 3 is 2.58 bits per heavy atom. The van der Waals surface area contributed by atoms with E-state index in [2.05, 4.69) is 24.3 Å². The Labute approximate surface area is 73.8 Å². The maximum Gasteiger partial charge on any atom is 0.148 e. The topological polar surface area (TPSA) is 29.9 Å². The quantitative estimate of drug-likeness (QED) is 0.743. The third kappa shape index (κ3) is 2.26. The number of hydrogen-bond acceptors (Lipinski definition) is 2. The van der Waals surface area contributed by atoms with Crippen molar-refractivity contribution in [3.63, 3.8) is 0 Å². The highest BCUT2D eigenvalue weighted by molar-refractivity contribution is 5.33. The van der Waals surface area contributed by atoms with Crippen molar-refractivity contribution in [3.05, 3.63) is 12.3 Å². The lowest BCUT2D eigenvalue weighted by atomic mass is 10.2. The van der Waals surface area contributed by atoms with Crippen molar-refractivity contribution in [3.8, 4) is 0 Å². The molecule has 0 aromatic carbocycles. The number of hydrogen-bond donors (Lipinski definition) is 1. The van der Waals surface area contributed by atoms with Gasteiger partial charge >= 0.3 is 0 Å². The lowest BCUT2D eigenvalue weighted by Crippen LogP contribution is -2.17. The summed E-state index contributed by atoms with van der Waals surface area (Å²) in [5.41, 5.74) is 0.